The number of nitrogens with one attached hydrogen (secondary N) is 2. The quantitative estimate of drug-likeness (QED) is 0.427. The minimum atomic E-state index is -4.31. The van der Waals surface area contributed by atoms with Crippen LogP contribution in [0.3, 0.4) is 0 Å². The van der Waals surface area contributed by atoms with Gasteiger partial charge in [-0.1, -0.05) is 6.07 Å². The number of hydrogen-bond acceptors (Lipinski definition) is 6. The molecule has 0 spiro atoms. The number of urea groups is 1. The van der Waals surface area contributed by atoms with E-state index in [0.717, 1.165) is 47.1 Å². The Morgan fingerprint density at radius 1 is 1.21 bits per heavy atom. The van der Waals surface area contributed by atoms with Crippen molar-refractivity contribution >= 4 is 21.7 Å². The Kier molecular flexibility index (Phi) is 6.91. The number of benzene rings is 1. The zero-order valence-corrected chi connectivity index (χ0v) is 21.7. The molecule has 1 saturated carbocycles. The summed E-state index contributed by atoms with van der Waals surface area (Å²) in [5.74, 6) is 0.446. The maximum atomic E-state index is 13.0. The third kappa shape index (κ3) is 5.00. The van der Waals surface area contributed by atoms with Crippen molar-refractivity contribution in [2.75, 3.05) is 11.9 Å². The SMILES string of the molecule is CCOc1cc(-c2c(C)cc3c(c2NC(=O)NS(=O)(=O)c2ccn(C4CC(=C(F)F)C4)n2)CCC3)ccn1. The Morgan fingerprint density at radius 2 is 2.00 bits per heavy atom. The number of hydrogen-bond donors (Lipinski definition) is 2. The molecule has 5 rings (SSSR count). The van der Waals surface area contributed by atoms with Crippen molar-refractivity contribution in [1.29, 1.82) is 0 Å². The van der Waals surface area contributed by atoms with E-state index < -0.39 is 22.1 Å². The summed E-state index contributed by atoms with van der Waals surface area (Å²) in [5.41, 5.74) is 5.13. The van der Waals surface area contributed by atoms with Crippen molar-refractivity contribution in [3.8, 4) is 17.0 Å². The first kappa shape index (κ1) is 25.8. The lowest BCUT2D eigenvalue weighted by Gasteiger charge is -2.28. The second kappa shape index (κ2) is 10.2. The molecule has 0 aliphatic heterocycles. The van der Waals surface area contributed by atoms with E-state index in [1.54, 1.807) is 12.3 Å². The van der Waals surface area contributed by atoms with Crippen molar-refractivity contribution in [1.82, 2.24) is 19.5 Å². The maximum Gasteiger partial charge on any atom is 0.333 e. The number of pyridine rings is 1. The smallest absolute Gasteiger partial charge is 0.333 e. The fourth-order valence-corrected chi connectivity index (χ4v) is 5.87. The van der Waals surface area contributed by atoms with Gasteiger partial charge in [-0.2, -0.15) is 22.3 Å². The van der Waals surface area contributed by atoms with Crippen LogP contribution in [0.4, 0.5) is 19.3 Å². The molecule has 0 saturated heterocycles. The van der Waals surface area contributed by atoms with Crippen LogP contribution in [0.15, 0.2) is 53.3 Å². The number of ether oxygens (including phenoxy) is 1. The van der Waals surface area contributed by atoms with E-state index in [9.17, 15) is 22.0 Å². The Bertz CT molecular complexity index is 1540. The number of allylic oxidation sites excluding steroid dienone is 1. The maximum absolute atomic E-state index is 13.0. The summed E-state index contributed by atoms with van der Waals surface area (Å²) >= 11 is 0. The molecule has 0 radical (unpaired) electrons. The number of nitrogens with zero attached hydrogens (tertiary/aromatic N) is 3. The summed E-state index contributed by atoms with van der Waals surface area (Å²) in [7, 11) is -4.31. The van der Waals surface area contributed by atoms with Crippen LogP contribution in [0.2, 0.25) is 0 Å². The molecule has 2 aliphatic rings. The van der Waals surface area contributed by atoms with Crippen LogP contribution in [-0.4, -0.2) is 35.8 Å². The van der Waals surface area contributed by atoms with Gasteiger partial charge < -0.3 is 10.1 Å². The Hall–Kier alpha value is -3.80. The number of aryl methyl sites for hydroxylation is 2. The van der Waals surface area contributed by atoms with Gasteiger partial charge in [0.25, 0.3) is 16.1 Å². The highest BCUT2D eigenvalue weighted by atomic mass is 32.2. The number of sulfonamides is 1. The normalized spacial score (nSPS) is 16.5. The summed E-state index contributed by atoms with van der Waals surface area (Å²) in [6, 6.07) is 5.67. The Balaban J connectivity index is 1.40. The minimum absolute atomic E-state index is 0.0384. The molecule has 200 valence electrons. The summed E-state index contributed by atoms with van der Waals surface area (Å²) in [4.78, 5) is 17.2. The first-order valence-electron chi connectivity index (χ1n) is 12.3. The molecule has 1 aromatic carbocycles. The standard InChI is InChI=1S/C26H27F2N5O4S/c1-3-37-21-14-17(7-9-29-21)23-15(2)11-16-5-4-6-20(16)24(23)30-26(34)32-38(35,36)22-8-10-33(31-22)19-12-18(13-19)25(27)28/h7-11,14,19H,3-6,12-13H2,1-2H3,(H2,30,32,34). The molecule has 12 heteroatoms. The van der Waals surface area contributed by atoms with Gasteiger partial charge in [0.2, 0.25) is 5.88 Å². The molecule has 2 aliphatic carbocycles. The van der Waals surface area contributed by atoms with Crippen LogP contribution in [0.5, 0.6) is 5.88 Å². The fraction of sp³-hybridized carbons (Fsp3) is 0.346. The highest BCUT2D eigenvalue weighted by molar-refractivity contribution is 7.90. The number of rotatable bonds is 7. The van der Waals surface area contributed by atoms with E-state index in [4.69, 9.17) is 4.74 Å². The largest absolute Gasteiger partial charge is 0.478 e. The lowest BCUT2D eigenvalue weighted by atomic mass is 9.87. The van der Waals surface area contributed by atoms with Gasteiger partial charge in [-0.05, 0) is 85.9 Å². The molecule has 9 nitrogen and oxygen atoms in total. The van der Waals surface area contributed by atoms with Crippen molar-refractivity contribution in [2.24, 2.45) is 0 Å². The van der Waals surface area contributed by atoms with Gasteiger partial charge in [0.05, 0.1) is 18.3 Å². The van der Waals surface area contributed by atoms with E-state index in [1.807, 2.05) is 24.6 Å². The van der Waals surface area contributed by atoms with Gasteiger partial charge in [-0.15, -0.1) is 0 Å². The number of carbonyl (C=O) groups excluding carboxylic acids is 1. The van der Waals surface area contributed by atoms with E-state index in [0.29, 0.717) is 18.2 Å². The van der Waals surface area contributed by atoms with Gasteiger partial charge >= 0.3 is 6.03 Å². The van der Waals surface area contributed by atoms with Gasteiger partial charge in [-0.25, -0.2) is 14.5 Å². The fourth-order valence-electron chi connectivity index (χ4n) is 5.03. The molecule has 2 heterocycles. The molecule has 3 aromatic rings. The molecule has 2 aromatic heterocycles. The molecule has 2 amide bonds. The highest BCUT2D eigenvalue weighted by Gasteiger charge is 2.31. The zero-order valence-electron chi connectivity index (χ0n) is 20.9. The number of halogens is 2. The lowest BCUT2D eigenvalue weighted by molar-refractivity contribution is 0.256. The molecule has 1 fully saturated rings. The first-order valence-corrected chi connectivity index (χ1v) is 13.8. The lowest BCUT2D eigenvalue weighted by Crippen LogP contribution is -2.35. The van der Waals surface area contributed by atoms with Crippen LogP contribution in [0.25, 0.3) is 11.1 Å². The molecule has 0 bridgehead atoms. The van der Waals surface area contributed by atoms with E-state index >= 15 is 0 Å². The first-order chi connectivity index (χ1) is 18.2. The minimum Gasteiger partial charge on any atom is -0.478 e. The number of carbonyl (C=O) groups is 1. The monoisotopic (exact) mass is 543 g/mol. The topological polar surface area (TPSA) is 115 Å². The second-order valence-corrected chi connectivity index (χ2v) is 11.0. The van der Waals surface area contributed by atoms with Gasteiger partial charge in [0, 0.05) is 24.0 Å². The average Bonchev–Trinajstić information content (AvgIpc) is 3.48. The predicted molar refractivity (Wildman–Crippen MR) is 137 cm³/mol. The summed E-state index contributed by atoms with van der Waals surface area (Å²) in [5, 5.41) is 6.44. The number of fused-ring (bicyclic) bond motifs is 1. The van der Waals surface area contributed by atoms with Crippen LogP contribution >= 0.6 is 0 Å². The third-order valence-corrected chi connectivity index (χ3v) is 8.07. The molecule has 38 heavy (non-hydrogen) atoms. The van der Waals surface area contributed by atoms with Crippen LogP contribution < -0.4 is 14.8 Å². The van der Waals surface area contributed by atoms with Crippen LogP contribution in [-0.2, 0) is 22.9 Å². The molecular formula is C26H27F2N5O4S. The van der Waals surface area contributed by atoms with Crippen molar-refractivity contribution in [2.45, 2.75) is 57.0 Å². The van der Waals surface area contributed by atoms with Gasteiger partial charge in [0.15, 0.2) is 5.03 Å². The number of anilines is 1. The summed E-state index contributed by atoms with van der Waals surface area (Å²) in [6.07, 6.45) is 4.09. The van der Waals surface area contributed by atoms with Crippen LogP contribution in [0, 0.1) is 6.92 Å². The van der Waals surface area contributed by atoms with Crippen molar-refractivity contribution < 1.29 is 26.7 Å². The van der Waals surface area contributed by atoms with Crippen molar-refractivity contribution in [3.63, 3.8) is 0 Å². The molecular weight excluding hydrogens is 516 g/mol. The van der Waals surface area contributed by atoms with E-state index in [1.165, 1.54) is 16.9 Å². The predicted octanol–water partition coefficient (Wildman–Crippen LogP) is 5.14. The molecule has 0 unspecified atom stereocenters. The van der Waals surface area contributed by atoms with Crippen LogP contribution in [0.1, 0.15) is 48.9 Å². The summed E-state index contributed by atoms with van der Waals surface area (Å²) in [6.45, 7) is 4.25. The number of amides is 2. The molecule has 2 N–H and O–H groups in total. The third-order valence-electron chi connectivity index (χ3n) is 6.84. The van der Waals surface area contributed by atoms with Crippen molar-refractivity contribution in [3.05, 3.63) is 65.0 Å². The van der Waals surface area contributed by atoms with E-state index in [-0.39, 0.29) is 29.5 Å². The molecule has 0 atom stereocenters. The highest BCUT2D eigenvalue weighted by Crippen LogP contribution is 2.41. The Morgan fingerprint density at radius 3 is 2.74 bits per heavy atom. The van der Waals surface area contributed by atoms with Gasteiger partial charge in [-0.3, -0.25) is 4.68 Å². The van der Waals surface area contributed by atoms with Gasteiger partial charge in [0.1, 0.15) is 0 Å². The number of aromatic nitrogens is 3. The average molecular weight is 544 g/mol. The van der Waals surface area contributed by atoms with E-state index in [2.05, 4.69) is 21.5 Å². The zero-order chi connectivity index (χ0) is 27.0. The second-order valence-electron chi connectivity index (χ2n) is 9.37. The Labute approximate surface area is 219 Å². The summed E-state index contributed by atoms with van der Waals surface area (Å²) < 4.78 is 60.1.